The van der Waals surface area contributed by atoms with E-state index in [4.69, 9.17) is 18.0 Å². The summed E-state index contributed by atoms with van der Waals surface area (Å²) in [5, 5.41) is 9.99. The van der Waals surface area contributed by atoms with Crippen molar-refractivity contribution in [1.82, 2.24) is 15.1 Å². The quantitative estimate of drug-likeness (QED) is 0.629. The van der Waals surface area contributed by atoms with Gasteiger partial charge in [-0.25, -0.2) is 0 Å². The monoisotopic (exact) mass is 227 g/mol. The van der Waals surface area contributed by atoms with Crippen molar-refractivity contribution in [3.8, 4) is 0 Å². The lowest BCUT2D eigenvalue weighted by Crippen LogP contribution is -2.25. The topological polar surface area (TPSA) is 85.0 Å². The van der Waals surface area contributed by atoms with Crippen molar-refractivity contribution in [1.29, 1.82) is 0 Å². The van der Waals surface area contributed by atoms with Crippen LogP contribution >= 0.6 is 12.2 Å². The normalized spacial score (nSPS) is 9.73. The van der Waals surface area contributed by atoms with E-state index in [0.717, 1.165) is 0 Å². The molecule has 0 saturated carbocycles. The summed E-state index contributed by atoms with van der Waals surface area (Å²) in [6.07, 6.45) is 1.68. The molecule has 0 unspecified atom stereocenters. The maximum atomic E-state index is 11.1. The molecule has 1 aromatic rings. The number of hydrogen-bond donors (Lipinski definition) is 3. The highest BCUT2D eigenvalue weighted by Crippen LogP contribution is 2.12. The van der Waals surface area contributed by atoms with Gasteiger partial charge in [-0.2, -0.15) is 5.10 Å². The number of aromatic nitrogens is 2. The van der Waals surface area contributed by atoms with Crippen LogP contribution in [0, 0.1) is 0 Å². The van der Waals surface area contributed by atoms with E-state index in [2.05, 4.69) is 15.7 Å². The Hall–Kier alpha value is -1.63. The Balaban J connectivity index is 2.98. The van der Waals surface area contributed by atoms with Gasteiger partial charge in [0.25, 0.3) is 5.91 Å². The molecule has 0 fully saturated rings. The number of nitrogens with zero attached hydrogens (tertiary/aromatic N) is 2. The number of amides is 1. The van der Waals surface area contributed by atoms with Gasteiger partial charge in [-0.1, -0.05) is 0 Å². The van der Waals surface area contributed by atoms with E-state index >= 15 is 0 Å². The van der Waals surface area contributed by atoms with Crippen LogP contribution in [0.4, 0.5) is 5.69 Å². The van der Waals surface area contributed by atoms with E-state index in [1.807, 2.05) is 6.92 Å². The highest BCUT2D eigenvalue weighted by atomic mass is 32.1. The zero-order chi connectivity index (χ0) is 11.4. The number of hydrogen-bond acceptors (Lipinski definition) is 3. The molecule has 0 aliphatic rings. The third kappa shape index (κ3) is 2.66. The fourth-order valence-corrected chi connectivity index (χ4v) is 1.15. The van der Waals surface area contributed by atoms with E-state index in [9.17, 15) is 4.79 Å². The van der Waals surface area contributed by atoms with Crippen molar-refractivity contribution < 1.29 is 4.79 Å². The summed E-state index contributed by atoms with van der Waals surface area (Å²) in [6, 6.07) is 0. The minimum atomic E-state index is -0.580. The van der Waals surface area contributed by atoms with Crippen LogP contribution in [0.15, 0.2) is 6.20 Å². The standard InChI is InChI=1S/C8H13N5OS/c1-3-13-4-5(11-8(15)10-2)6(12-13)7(9)14/h4H,3H2,1-2H3,(H2,9,14)(H2,10,11,15). The molecule has 82 valence electrons. The van der Waals surface area contributed by atoms with Crippen molar-refractivity contribution in [3.05, 3.63) is 11.9 Å². The van der Waals surface area contributed by atoms with Gasteiger partial charge < -0.3 is 16.4 Å². The lowest BCUT2D eigenvalue weighted by molar-refractivity contribution is 0.0995. The summed E-state index contributed by atoms with van der Waals surface area (Å²) >= 11 is 4.92. The van der Waals surface area contributed by atoms with Crippen molar-refractivity contribution >= 4 is 28.9 Å². The number of nitrogens with one attached hydrogen (secondary N) is 2. The number of thiocarbonyl (C=S) groups is 1. The number of anilines is 1. The summed E-state index contributed by atoms with van der Waals surface area (Å²) in [7, 11) is 1.68. The maximum absolute atomic E-state index is 11.1. The number of carbonyl (C=O) groups is 1. The Morgan fingerprint density at radius 1 is 1.73 bits per heavy atom. The second-order valence-corrected chi connectivity index (χ2v) is 3.22. The largest absolute Gasteiger partial charge is 0.366 e. The SMILES string of the molecule is CCn1cc(NC(=S)NC)c(C(N)=O)n1. The van der Waals surface area contributed by atoms with Crippen molar-refractivity contribution in [2.45, 2.75) is 13.5 Å². The number of carbonyl (C=O) groups excluding carboxylic acids is 1. The molecule has 0 saturated heterocycles. The third-order valence-electron chi connectivity index (χ3n) is 1.79. The Morgan fingerprint density at radius 2 is 2.40 bits per heavy atom. The molecule has 1 aromatic heterocycles. The summed E-state index contributed by atoms with van der Waals surface area (Å²) in [5.41, 5.74) is 5.89. The van der Waals surface area contributed by atoms with Crippen molar-refractivity contribution in [3.63, 3.8) is 0 Å². The van der Waals surface area contributed by atoms with E-state index < -0.39 is 5.91 Å². The van der Waals surface area contributed by atoms with Gasteiger partial charge in [0, 0.05) is 19.8 Å². The molecular formula is C8H13N5OS. The van der Waals surface area contributed by atoms with E-state index in [1.165, 1.54) is 0 Å². The van der Waals surface area contributed by atoms with Gasteiger partial charge in [-0.15, -0.1) is 0 Å². The molecule has 0 aliphatic carbocycles. The van der Waals surface area contributed by atoms with Crippen molar-refractivity contribution in [2.75, 3.05) is 12.4 Å². The van der Waals surface area contributed by atoms with Gasteiger partial charge in [0.2, 0.25) is 0 Å². The molecular weight excluding hydrogens is 214 g/mol. The van der Waals surface area contributed by atoms with Crippen LogP contribution in [0.5, 0.6) is 0 Å². The lowest BCUT2D eigenvalue weighted by atomic mass is 10.3. The first-order valence-corrected chi connectivity index (χ1v) is 4.85. The van der Waals surface area contributed by atoms with E-state index in [0.29, 0.717) is 17.3 Å². The molecule has 6 nitrogen and oxygen atoms in total. The average molecular weight is 227 g/mol. The van der Waals surface area contributed by atoms with Gasteiger partial charge in [-0.05, 0) is 19.1 Å². The second kappa shape index (κ2) is 4.74. The molecule has 15 heavy (non-hydrogen) atoms. The van der Waals surface area contributed by atoms with Crippen molar-refractivity contribution in [2.24, 2.45) is 5.73 Å². The van der Waals surface area contributed by atoms with Crippen LogP contribution in [0.2, 0.25) is 0 Å². The van der Waals surface area contributed by atoms with Gasteiger partial charge in [0.1, 0.15) is 0 Å². The molecule has 1 heterocycles. The Labute approximate surface area is 92.8 Å². The van der Waals surface area contributed by atoms with Gasteiger partial charge >= 0.3 is 0 Å². The summed E-state index contributed by atoms with van der Waals surface area (Å²) in [4.78, 5) is 11.1. The van der Waals surface area contributed by atoms with Gasteiger partial charge in [0.15, 0.2) is 10.8 Å². The molecule has 0 spiro atoms. The molecule has 0 bridgehead atoms. The zero-order valence-electron chi connectivity index (χ0n) is 8.57. The fourth-order valence-electron chi connectivity index (χ4n) is 1.04. The second-order valence-electron chi connectivity index (χ2n) is 2.82. The number of primary amides is 1. The van der Waals surface area contributed by atoms with Crippen LogP contribution in [0.25, 0.3) is 0 Å². The highest BCUT2D eigenvalue weighted by Gasteiger charge is 2.13. The number of nitrogens with two attached hydrogens (primary N) is 1. The molecule has 7 heteroatoms. The van der Waals surface area contributed by atoms with Crippen LogP contribution in [-0.2, 0) is 6.54 Å². The van der Waals surface area contributed by atoms with Crippen LogP contribution in [0.1, 0.15) is 17.4 Å². The van der Waals surface area contributed by atoms with E-state index in [1.54, 1.807) is 17.9 Å². The first-order chi connectivity index (χ1) is 7.08. The lowest BCUT2D eigenvalue weighted by Gasteiger charge is -2.04. The zero-order valence-corrected chi connectivity index (χ0v) is 9.39. The third-order valence-corrected chi connectivity index (χ3v) is 2.10. The first-order valence-electron chi connectivity index (χ1n) is 4.44. The minimum absolute atomic E-state index is 0.189. The molecule has 4 N–H and O–H groups in total. The number of rotatable bonds is 3. The first kappa shape index (κ1) is 11.4. The predicted octanol–water partition coefficient (Wildman–Crippen LogP) is -0.0819. The number of aryl methyl sites for hydroxylation is 1. The predicted molar refractivity (Wildman–Crippen MR) is 61.7 cm³/mol. The Morgan fingerprint density at radius 3 is 2.87 bits per heavy atom. The van der Waals surface area contributed by atoms with E-state index in [-0.39, 0.29) is 5.69 Å². The summed E-state index contributed by atoms with van der Waals surface area (Å²) in [5.74, 6) is -0.580. The Bertz CT molecular complexity index is 386. The molecule has 1 rings (SSSR count). The molecule has 0 radical (unpaired) electrons. The van der Waals surface area contributed by atoms with Crippen LogP contribution < -0.4 is 16.4 Å². The Kier molecular flexibility index (Phi) is 3.62. The van der Waals surface area contributed by atoms with Crippen LogP contribution in [-0.4, -0.2) is 27.8 Å². The highest BCUT2D eigenvalue weighted by molar-refractivity contribution is 7.80. The maximum Gasteiger partial charge on any atom is 0.271 e. The molecule has 0 aromatic carbocycles. The molecule has 1 amide bonds. The average Bonchev–Trinajstić information content (AvgIpc) is 2.61. The summed E-state index contributed by atoms with van der Waals surface area (Å²) < 4.78 is 1.61. The minimum Gasteiger partial charge on any atom is -0.366 e. The smallest absolute Gasteiger partial charge is 0.271 e. The fraction of sp³-hybridized carbons (Fsp3) is 0.375. The molecule has 0 atom stereocenters. The van der Waals surface area contributed by atoms with Gasteiger partial charge in [0.05, 0.1) is 5.69 Å². The summed E-state index contributed by atoms with van der Waals surface area (Å²) in [6.45, 7) is 2.58. The molecule has 0 aliphatic heterocycles. The van der Waals surface area contributed by atoms with Gasteiger partial charge in [-0.3, -0.25) is 9.48 Å². The van der Waals surface area contributed by atoms with Crippen LogP contribution in [0.3, 0.4) is 0 Å².